The highest BCUT2D eigenvalue weighted by Crippen LogP contribution is 2.30. The molecule has 1 unspecified atom stereocenters. The van der Waals surface area contributed by atoms with Crippen molar-refractivity contribution in [2.24, 2.45) is 0 Å². The van der Waals surface area contributed by atoms with Gasteiger partial charge in [-0.15, -0.1) is 0 Å². The lowest BCUT2D eigenvalue weighted by Gasteiger charge is -2.18. The van der Waals surface area contributed by atoms with Gasteiger partial charge in [0.05, 0.1) is 0 Å². The Morgan fingerprint density at radius 1 is 1.19 bits per heavy atom. The van der Waals surface area contributed by atoms with Gasteiger partial charge in [-0.25, -0.2) is 0 Å². The monoisotopic (exact) mass is 371 g/mol. The number of fused-ring (bicyclic) bond motifs is 1. The maximum Gasteiger partial charge on any atom is 0.246 e. The Balaban J connectivity index is 1.68. The molecule has 26 heavy (non-hydrogen) atoms. The van der Waals surface area contributed by atoms with Crippen LogP contribution in [-0.4, -0.2) is 24.4 Å². The molecule has 0 radical (unpaired) electrons. The number of carbonyl (C=O) groups is 2. The molecule has 136 valence electrons. The number of hydrogen-bond donors (Lipinski definition) is 2. The molecule has 1 heterocycles. The van der Waals surface area contributed by atoms with Gasteiger partial charge in [-0.2, -0.15) is 0 Å². The fourth-order valence-electron chi connectivity index (χ4n) is 3.10. The van der Waals surface area contributed by atoms with Crippen molar-refractivity contribution in [3.8, 4) is 0 Å². The highest BCUT2D eigenvalue weighted by atomic mass is 35.5. The lowest BCUT2D eigenvalue weighted by Crippen LogP contribution is -2.32. The van der Waals surface area contributed by atoms with Crippen molar-refractivity contribution in [1.29, 1.82) is 0 Å². The molecule has 2 aromatic carbocycles. The Kier molecular flexibility index (Phi) is 5.18. The van der Waals surface area contributed by atoms with E-state index in [0.717, 1.165) is 28.9 Å². The first-order valence-corrected chi connectivity index (χ1v) is 8.97. The van der Waals surface area contributed by atoms with E-state index in [9.17, 15) is 9.59 Å². The van der Waals surface area contributed by atoms with Crippen LogP contribution in [-0.2, 0) is 16.0 Å². The molecular formula is C20H22ClN3O2. The molecule has 0 saturated heterocycles. The molecule has 5 nitrogen and oxygen atoms in total. The van der Waals surface area contributed by atoms with Crippen molar-refractivity contribution in [2.75, 3.05) is 22.1 Å². The van der Waals surface area contributed by atoms with Gasteiger partial charge in [-0.3, -0.25) is 9.59 Å². The molecule has 1 aliphatic rings. The minimum Gasteiger partial charge on any atom is -0.374 e. The van der Waals surface area contributed by atoms with Gasteiger partial charge in [0, 0.05) is 35.6 Å². The summed E-state index contributed by atoms with van der Waals surface area (Å²) in [5.74, 6) is -0.0877. The summed E-state index contributed by atoms with van der Waals surface area (Å²) in [5, 5.41) is 6.71. The number of halogens is 1. The zero-order valence-corrected chi connectivity index (χ0v) is 15.9. The smallest absolute Gasteiger partial charge is 0.246 e. The van der Waals surface area contributed by atoms with Crippen LogP contribution in [0.1, 0.15) is 25.0 Å². The molecule has 1 aliphatic heterocycles. The summed E-state index contributed by atoms with van der Waals surface area (Å²) >= 11 is 6.00. The summed E-state index contributed by atoms with van der Waals surface area (Å²) < 4.78 is 0. The van der Waals surface area contributed by atoms with E-state index in [2.05, 4.69) is 10.6 Å². The Morgan fingerprint density at radius 2 is 1.96 bits per heavy atom. The van der Waals surface area contributed by atoms with Gasteiger partial charge in [-0.1, -0.05) is 17.7 Å². The van der Waals surface area contributed by atoms with E-state index in [-0.39, 0.29) is 11.8 Å². The predicted octanol–water partition coefficient (Wildman–Crippen LogP) is 4.00. The first-order valence-electron chi connectivity index (χ1n) is 8.59. The van der Waals surface area contributed by atoms with E-state index in [0.29, 0.717) is 17.3 Å². The van der Waals surface area contributed by atoms with Crippen LogP contribution < -0.4 is 15.5 Å². The molecule has 0 aromatic heterocycles. The average molecular weight is 372 g/mol. The zero-order chi connectivity index (χ0) is 18.8. The molecule has 0 spiro atoms. The molecule has 0 bridgehead atoms. The maximum atomic E-state index is 12.5. The van der Waals surface area contributed by atoms with E-state index < -0.39 is 6.04 Å². The largest absolute Gasteiger partial charge is 0.374 e. The fourth-order valence-corrected chi connectivity index (χ4v) is 3.28. The molecule has 2 amide bonds. The van der Waals surface area contributed by atoms with Crippen LogP contribution >= 0.6 is 11.6 Å². The normalized spacial score (nSPS) is 13.9. The number of nitrogens with one attached hydrogen (secondary N) is 2. The number of benzene rings is 2. The van der Waals surface area contributed by atoms with Crippen molar-refractivity contribution in [1.82, 2.24) is 0 Å². The van der Waals surface area contributed by atoms with E-state index in [4.69, 9.17) is 11.6 Å². The van der Waals surface area contributed by atoms with Gasteiger partial charge in [0.25, 0.3) is 0 Å². The lowest BCUT2D eigenvalue weighted by atomic mass is 10.1. The van der Waals surface area contributed by atoms with E-state index in [1.807, 2.05) is 38.1 Å². The SMILES string of the molecule is CC(=O)N1CCc2cc(NC(C)C(=O)Nc3cc(Cl)ccc3C)ccc21. The van der Waals surface area contributed by atoms with Gasteiger partial charge in [0.15, 0.2) is 0 Å². The summed E-state index contributed by atoms with van der Waals surface area (Å²) in [6.45, 7) is 6.01. The molecule has 0 aliphatic carbocycles. The highest BCUT2D eigenvalue weighted by molar-refractivity contribution is 6.31. The topological polar surface area (TPSA) is 61.4 Å². The van der Waals surface area contributed by atoms with Crippen LogP contribution in [0.3, 0.4) is 0 Å². The Bertz CT molecular complexity index is 866. The van der Waals surface area contributed by atoms with Crippen molar-refractivity contribution >= 4 is 40.5 Å². The maximum absolute atomic E-state index is 12.5. The number of aryl methyl sites for hydroxylation is 1. The second-order valence-electron chi connectivity index (χ2n) is 6.58. The second-order valence-corrected chi connectivity index (χ2v) is 7.02. The third-order valence-electron chi connectivity index (χ3n) is 4.59. The Labute approximate surface area is 158 Å². The molecule has 2 aromatic rings. The first kappa shape index (κ1) is 18.3. The summed E-state index contributed by atoms with van der Waals surface area (Å²) in [4.78, 5) is 25.9. The van der Waals surface area contributed by atoms with Crippen molar-refractivity contribution in [3.63, 3.8) is 0 Å². The molecule has 6 heteroatoms. The lowest BCUT2D eigenvalue weighted by molar-refractivity contribution is -0.117. The summed E-state index contributed by atoms with van der Waals surface area (Å²) in [6.07, 6.45) is 0.826. The van der Waals surface area contributed by atoms with Crippen LogP contribution in [0.25, 0.3) is 0 Å². The van der Waals surface area contributed by atoms with E-state index >= 15 is 0 Å². The van der Waals surface area contributed by atoms with Crippen LogP contribution in [0, 0.1) is 6.92 Å². The molecule has 3 rings (SSSR count). The van der Waals surface area contributed by atoms with E-state index in [1.165, 1.54) is 0 Å². The van der Waals surface area contributed by atoms with Gasteiger partial charge in [0.2, 0.25) is 11.8 Å². The van der Waals surface area contributed by atoms with Crippen molar-refractivity contribution in [2.45, 2.75) is 33.2 Å². The van der Waals surface area contributed by atoms with Crippen molar-refractivity contribution in [3.05, 3.63) is 52.5 Å². The molecular weight excluding hydrogens is 350 g/mol. The highest BCUT2D eigenvalue weighted by Gasteiger charge is 2.22. The summed E-state index contributed by atoms with van der Waals surface area (Å²) in [6, 6.07) is 10.8. The van der Waals surface area contributed by atoms with Gasteiger partial charge >= 0.3 is 0 Å². The number of nitrogens with zero attached hydrogens (tertiary/aromatic N) is 1. The second kappa shape index (κ2) is 7.38. The third-order valence-corrected chi connectivity index (χ3v) is 4.82. The quantitative estimate of drug-likeness (QED) is 0.854. The van der Waals surface area contributed by atoms with Crippen molar-refractivity contribution < 1.29 is 9.59 Å². The molecule has 0 saturated carbocycles. The predicted molar refractivity (Wildman–Crippen MR) is 106 cm³/mol. The van der Waals surface area contributed by atoms with Crippen LogP contribution in [0.5, 0.6) is 0 Å². The number of anilines is 3. The average Bonchev–Trinajstić information content (AvgIpc) is 3.01. The Morgan fingerprint density at radius 3 is 2.69 bits per heavy atom. The number of hydrogen-bond acceptors (Lipinski definition) is 3. The van der Waals surface area contributed by atoms with Gasteiger partial charge < -0.3 is 15.5 Å². The minimum absolute atomic E-state index is 0.0501. The first-order chi connectivity index (χ1) is 12.3. The number of amides is 2. The van der Waals surface area contributed by atoms with Gasteiger partial charge in [0.1, 0.15) is 6.04 Å². The number of carbonyl (C=O) groups excluding carboxylic acids is 2. The standard InChI is InChI=1S/C20H22ClN3O2/c1-12-4-5-16(21)11-18(12)23-20(26)13(2)22-17-6-7-19-15(10-17)8-9-24(19)14(3)25/h4-7,10-11,13,22H,8-9H2,1-3H3,(H,23,26). The molecule has 0 fully saturated rings. The zero-order valence-electron chi connectivity index (χ0n) is 15.1. The van der Waals surface area contributed by atoms with Crippen LogP contribution in [0.4, 0.5) is 17.1 Å². The van der Waals surface area contributed by atoms with Crippen LogP contribution in [0.15, 0.2) is 36.4 Å². The molecule has 1 atom stereocenters. The summed E-state index contributed by atoms with van der Waals surface area (Å²) in [7, 11) is 0. The minimum atomic E-state index is -0.420. The number of rotatable bonds is 4. The third kappa shape index (κ3) is 3.83. The van der Waals surface area contributed by atoms with E-state index in [1.54, 1.807) is 24.0 Å². The summed E-state index contributed by atoms with van der Waals surface area (Å²) in [5.41, 5.74) is 4.59. The fraction of sp³-hybridized carbons (Fsp3) is 0.300. The van der Waals surface area contributed by atoms with Gasteiger partial charge in [-0.05, 0) is 61.7 Å². The van der Waals surface area contributed by atoms with Crippen LogP contribution in [0.2, 0.25) is 5.02 Å². The molecule has 2 N–H and O–H groups in total. The Hall–Kier alpha value is -2.53.